The smallest absolute Gasteiger partial charge is 0.0364 e. The van der Waals surface area contributed by atoms with Crippen molar-refractivity contribution < 1.29 is 0 Å². The second-order valence-electron chi connectivity index (χ2n) is 5.46. The highest BCUT2D eigenvalue weighted by atomic mass is 15.1. The van der Waals surface area contributed by atoms with E-state index < -0.39 is 0 Å². The zero-order chi connectivity index (χ0) is 14.8. The number of unbranched alkanes of at least 4 members (excludes halogenated alkanes) is 3. The van der Waals surface area contributed by atoms with Crippen LogP contribution < -0.4 is 4.90 Å². The third-order valence-electron chi connectivity index (χ3n) is 3.42. The maximum Gasteiger partial charge on any atom is 0.0364 e. The predicted octanol–water partition coefficient (Wildman–Crippen LogP) is 5.02. The Labute approximate surface area is 124 Å². The molecule has 0 fully saturated rings. The molecule has 0 heterocycles. The van der Waals surface area contributed by atoms with Gasteiger partial charge in [0, 0.05) is 24.8 Å². The fourth-order valence-electron chi connectivity index (χ4n) is 2.20. The lowest BCUT2D eigenvalue weighted by Crippen LogP contribution is -2.18. The molecule has 20 heavy (non-hydrogen) atoms. The molecule has 1 aromatic carbocycles. The summed E-state index contributed by atoms with van der Waals surface area (Å²) in [5, 5.41) is 0. The van der Waals surface area contributed by atoms with E-state index >= 15 is 0 Å². The molecule has 0 aromatic heterocycles. The van der Waals surface area contributed by atoms with Crippen LogP contribution in [-0.2, 0) is 0 Å². The zero-order valence-corrected chi connectivity index (χ0v) is 13.2. The molecule has 0 aliphatic heterocycles. The van der Waals surface area contributed by atoms with Gasteiger partial charge in [-0.15, -0.1) is 12.5 Å². The van der Waals surface area contributed by atoms with Crippen LogP contribution in [0, 0.1) is 11.8 Å². The van der Waals surface area contributed by atoms with Gasteiger partial charge in [-0.1, -0.05) is 24.3 Å². The summed E-state index contributed by atoms with van der Waals surface area (Å²) in [7, 11) is 2.16. The molecule has 1 heteroatoms. The van der Waals surface area contributed by atoms with Crippen molar-refractivity contribution in [2.24, 2.45) is 0 Å². The van der Waals surface area contributed by atoms with Gasteiger partial charge in [-0.3, -0.25) is 0 Å². The van der Waals surface area contributed by atoms with Crippen molar-refractivity contribution in [3.63, 3.8) is 0 Å². The molecule has 0 atom stereocenters. The molecule has 0 saturated heterocycles. The van der Waals surface area contributed by atoms with E-state index in [4.69, 9.17) is 0 Å². The van der Waals surface area contributed by atoms with Crippen molar-refractivity contribution in [2.45, 2.75) is 46.0 Å². The van der Waals surface area contributed by atoms with E-state index in [0.717, 1.165) is 12.1 Å². The lowest BCUT2D eigenvalue weighted by Gasteiger charge is -2.19. The van der Waals surface area contributed by atoms with Crippen molar-refractivity contribution in [3.05, 3.63) is 42.0 Å². The first kappa shape index (κ1) is 16.4. The third kappa shape index (κ3) is 6.48. The number of allylic oxidation sites excluding steroid dienone is 1. The Bertz CT molecular complexity index is 459. The lowest BCUT2D eigenvalue weighted by atomic mass is 10.1. The fraction of sp³-hybridized carbons (Fsp3) is 0.474. The second-order valence-corrected chi connectivity index (χ2v) is 5.46. The minimum absolute atomic E-state index is 1.09. The van der Waals surface area contributed by atoms with Gasteiger partial charge in [0.1, 0.15) is 0 Å². The van der Waals surface area contributed by atoms with Crippen molar-refractivity contribution in [3.8, 4) is 11.8 Å². The van der Waals surface area contributed by atoms with Gasteiger partial charge in [0.15, 0.2) is 0 Å². The molecule has 0 aliphatic carbocycles. The van der Waals surface area contributed by atoms with Gasteiger partial charge < -0.3 is 4.90 Å². The van der Waals surface area contributed by atoms with E-state index in [2.05, 4.69) is 61.6 Å². The molecule has 0 radical (unpaired) electrons. The molecular formula is C19H27N. The summed E-state index contributed by atoms with van der Waals surface area (Å²) >= 11 is 0. The van der Waals surface area contributed by atoms with Gasteiger partial charge in [-0.05, 0) is 57.4 Å². The van der Waals surface area contributed by atoms with Crippen LogP contribution in [0.15, 0.2) is 36.4 Å². The summed E-state index contributed by atoms with van der Waals surface area (Å²) in [6.07, 6.45) is 6.32. The number of anilines is 1. The Morgan fingerprint density at radius 1 is 1.10 bits per heavy atom. The molecule has 0 aliphatic rings. The Hall–Kier alpha value is -1.68. The molecule has 1 rings (SSSR count). The molecule has 0 unspecified atom stereocenters. The van der Waals surface area contributed by atoms with E-state index in [9.17, 15) is 0 Å². The van der Waals surface area contributed by atoms with Gasteiger partial charge in [-0.25, -0.2) is 0 Å². The van der Waals surface area contributed by atoms with Crippen molar-refractivity contribution in [2.75, 3.05) is 18.5 Å². The highest BCUT2D eigenvalue weighted by molar-refractivity contribution is 5.49. The van der Waals surface area contributed by atoms with Gasteiger partial charge in [0.05, 0.1) is 0 Å². The van der Waals surface area contributed by atoms with Crippen LogP contribution in [-0.4, -0.2) is 13.6 Å². The minimum atomic E-state index is 1.09. The lowest BCUT2D eigenvalue weighted by molar-refractivity contribution is 0.636. The molecule has 1 aromatic rings. The number of hydrogen-bond donors (Lipinski definition) is 0. The van der Waals surface area contributed by atoms with Crippen LogP contribution in [0.1, 0.15) is 51.5 Å². The molecule has 0 saturated carbocycles. The Kier molecular flexibility index (Phi) is 7.58. The molecule has 0 bridgehead atoms. The minimum Gasteiger partial charge on any atom is -0.375 e. The first-order chi connectivity index (χ1) is 9.63. The predicted molar refractivity (Wildman–Crippen MR) is 90.2 cm³/mol. The van der Waals surface area contributed by atoms with Gasteiger partial charge in [0.2, 0.25) is 0 Å². The largest absolute Gasteiger partial charge is 0.375 e. The molecule has 1 nitrogen and oxygen atoms in total. The van der Waals surface area contributed by atoms with Crippen LogP contribution >= 0.6 is 0 Å². The number of rotatable bonds is 8. The topological polar surface area (TPSA) is 3.24 Å². The first-order valence-corrected chi connectivity index (χ1v) is 7.52. The van der Waals surface area contributed by atoms with Crippen LogP contribution in [0.2, 0.25) is 0 Å². The molecule has 108 valence electrons. The normalized spacial score (nSPS) is 9.75. The summed E-state index contributed by atoms with van der Waals surface area (Å²) in [5.41, 5.74) is 3.66. The van der Waals surface area contributed by atoms with E-state index in [1.54, 1.807) is 0 Å². The maximum atomic E-state index is 3.94. The molecule has 0 N–H and O–H groups in total. The number of benzene rings is 1. The van der Waals surface area contributed by atoms with Crippen LogP contribution in [0.4, 0.5) is 5.69 Å². The van der Waals surface area contributed by atoms with E-state index in [-0.39, 0.29) is 0 Å². The maximum absolute atomic E-state index is 3.94. The Morgan fingerprint density at radius 2 is 1.75 bits per heavy atom. The highest BCUT2D eigenvalue weighted by Crippen LogP contribution is 2.15. The summed E-state index contributed by atoms with van der Waals surface area (Å²) in [4.78, 5) is 2.32. The van der Waals surface area contributed by atoms with Crippen LogP contribution in [0.25, 0.3) is 0 Å². The average Bonchev–Trinajstić information content (AvgIpc) is 2.43. The van der Waals surface area contributed by atoms with Crippen molar-refractivity contribution in [1.82, 2.24) is 0 Å². The van der Waals surface area contributed by atoms with Crippen LogP contribution in [0.5, 0.6) is 0 Å². The second kappa shape index (κ2) is 9.26. The third-order valence-corrected chi connectivity index (χ3v) is 3.42. The molecule has 0 spiro atoms. The van der Waals surface area contributed by atoms with E-state index in [0.29, 0.717) is 0 Å². The van der Waals surface area contributed by atoms with Gasteiger partial charge >= 0.3 is 0 Å². The summed E-state index contributed by atoms with van der Waals surface area (Å²) < 4.78 is 0. The van der Waals surface area contributed by atoms with Crippen LogP contribution in [0.3, 0.4) is 0 Å². The van der Waals surface area contributed by atoms with E-state index in [1.807, 2.05) is 6.92 Å². The monoisotopic (exact) mass is 269 g/mol. The Balaban J connectivity index is 2.26. The quantitative estimate of drug-likeness (QED) is 0.364. The molecule has 0 amide bonds. The Morgan fingerprint density at radius 3 is 2.35 bits per heavy atom. The number of nitrogens with zero attached hydrogens (tertiary/aromatic N) is 1. The SMILES string of the molecule is C=C(C)CCCCCCN(C)c1ccc(C#CC)cc1. The molecular weight excluding hydrogens is 242 g/mol. The number of hydrogen-bond acceptors (Lipinski definition) is 1. The summed E-state index contributed by atoms with van der Waals surface area (Å²) in [5.74, 6) is 6.00. The average molecular weight is 269 g/mol. The first-order valence-electron chi connectivity index (χ1n) is 7.52. The van der Waals surface area contributed by atoms with E-state index in [1.165, 1.54) is 43.4 Å². The van der Waals surface area contributed by atoms with Crippen molar-refractivity contribution >= 4 is 5.69 Å². The highest BCUT2D eigenvalue weighted by Gasteiger charge is 2.00. The fourth-order valence-corrected chi connectivity index (χ4v) is 2.20. The standard InChI is InChI=1S/C19H27N/c1-5-10-18-12-14-19(15-13-18)20(4)16-9-7-6-8-11-17(2)3/h12-15H,2,6-9,11,16H2,1,3-4H3. The zero-order valence-electron chi connectivity index (χ0n) is 13.2. The summed E-state index contributed by atoms with van der Waals surface area (Å²) in [6.45, 7) is 9.04. The van der Waals surface area contributed by atoms with Gasteiger partial charge in [0.25, 0.3) is 0 Å². The summed E-state index contributed by atoms with van der Waals surface area (Å²) in [6, 6.07) is 8.49. The van der Waals surface area contributed by atoms with Gasteiger partial charge in [-0.2, -0.15) is 0 Å². The van der Waals surface area contributed by atoms with Crippen molar-refractivity contribution in [1.29, 1.82) is 0 Å².